The molecule has 0 aromatic carbocycles. The normalized spacial score (nSPS) is 21.6. The Hall–Kier alpha value is -3.49. The standard InChI is InChI=1S/C19H20N8O/c1-11(28)25-19(2)7-12(8-19)23-18-22-10-14-13(9-21-17(14)24-18)15-3-4-16-20-5-6-27(16)26-15/h3-6,9-10,12H,7-8H2,1-2H3,(H,25,28)(H2,21,22,23,24)/t12-,19+. The zero-order valence-corrected chi connectivity index (χ0v) is 15.6. The van der Waals surface area contributed by atoms with Gasteiger partial charge in [-0.15, -0.1) is 0 Å². The van der Waals surface area contributed by atoms with Crippen molar-refractivity contribution in [1.29, 1.82) is 0 Å². The van der Waals surface area contributed by atoms with Crippen LogP contribution in [0.2, 0.25) is 0 Å². The van der Waals surface area contributed by atoms with Gasteiger partial charge < -0.3 is 15.6 Å². The van der Waals surface area contributed by atoms with Crippen LogP contribution in [-0.2, 0) is 4.79 Å². The van der Waals surface area contributed by atoms with E-state index in [0.29, 0.717) is 5.95 Å². The molecule has 142 valence electrons. The fourth-order valence-corrected chi connectivity index (χ4v) is 3.99. The molecule has 0 aliphatic heterocycles. The summed E-state index contributed by atoms with van der Waals surface area (Å²) in [5.74, 6) is 0.578. The number of imidazole rings is 1. The van der Waals surface area contributed by atoms with Crippen molar-refractivity contribution in [1.82, 2.24) is 34.9 Å². The van der Waals surface area contributed by atoms with Gasteiger partial charge in [0, 0.05) is 54.2 Å². The van der Waals surface area contributed by atoms with Crippen molar-refractivity contribution in [2.45, 2.75) is 38.3 Å². The van der Waals surface area contributed by atoms with Gasteiger partial charge in [-0.1, -0.05) is 0 Å². The molecule has 9 heteroatoms. The first kappa shape index (κ1) is 16.7. The number of hydrogen-bond donors (Lipinski definition) is 3. The second-order valence-electron chi connectivity index (χ2n) is 7.60. The zero-order chi connectivity index (χ0) is 19.3. The number of carbonyl (C=O) groups is 1. The number of aromatic nitrogens is 6. The van der Waals surface area contributed by atoms with E-state index in [1.54, 1.807) is 17.6 Å². The summed E-state index contributed by atoms with van der Waals surface area (Å²) in [6.07, 6.45) is 8.93. The van der Waals surface area contributed by atoms with Crippen molar-refractivity contribution < 1.29 is 4.79 Å². The summed E-state index contributed by atoms with van der Waals surface area (Å²) in [5, 5.41) is 11.8. The first-order chi connectivity index (χ1) is 13.5. The maximum absolute atomic E-state index is 11.3. The lowest BCUT2D eigenvalue weighted by molar-refractivity contribution is -0.121. The number of hydrogen-bond acceptors (Lipinski definition) is 6. The van der Waals surface area contributed by atoms with Crippen LogP contribution in [0.3, 0.4) is 0 Å². The first-order valence-electron chi connectivity index (χ1n) is 9.19. The van der Waals surface area contributed by atoms with Crippen LogP contribution in [0.4, 0.5) is 5.95 Å². The average Bonchev–Trinajstić information content (AvgIpc) is 3.25. The molecule has 0 unspecified atom stereocenters. The third-order valence-electron chi connectivity index (χ3n) is 5.17. The number of H-pyrrole nitrogens is 1. The van der Waals surface area contributed by atoms with Crippen molar-refractivity contribution in [3.8, 4) is 11.3 Å². The molecule has 4 aromatic heterocycles. The van der Waals surface area contributed by atoms with Gasteiger partial charge in [-0.3, -0.25) is 4.79 Å². The second-order valence-corrected chi connectivity index (χ2v) is 7.60. The summed E-state index contributed by atoms with van der Waals surface area (Å²) in [4.78, 5) is 27.8. The Morgan fingerprint density at radius 1 is 1.32 bits per heavy atom. The first-order valence-corrected chi connectivity index (χ1v) is 9.19. The molecule has 9 nitrogen and oxygen atoms in total. The largest absolute Gasteiger partial charge is 0.351 e. The molecule has 28 heavy (non-hydrogen) atoms. The SMILES string of the molecule is CC(=O)N[C@]1(C)C[C@H](Nc2ncc3c(-c4ccc5nccn5n4)c[nH]c3n2)C1. The van der Waals surface area contributed by atoms with Gasteiger partial charge in [-0.05, 0) is 31.9 Å². The van der Waals surface area contributed by atoms with E-state index < -0.39 is 0 Å². The number of rotatable bonds is 4. The maximum atomic E-state index is 11.3. The summed E-state index contributed by atoms with van der Waals surface area (Å²) < 4.78 is 1.74. The molecule has 1 aliphatic carbocycles. The number of anilines is 1. The average molecular weight is 376 g/mol. The van der Waals surface area contributed by atoms with Crippen molar-refractivity contribution in [3.63, 3.8) is 0 Å². The Kier molecular flexibility index (Phi) is 3.58. The van der Waals surface area contributed by atoms with Gasteiger partial charge in [0.15, 0.2) is 5.65 Å². The van der Waals surface area contributed by atoms with E-state index in [1.165, 1.54) is 0 Å². The monoisotopic (exact) mass is 376 g/mol. The quantitative estimate of drug-likeness (QED) is 0.503. The minimum Gasteiger partial charge on any atom is -0.351 e. The molecule has 0 bridgehead atoms. The van der Waals surface area contributed by atoms with Crippen LogP contribution in [0, 0.1) is 0 Å². The molecule has 5 rings (SSSR count). The Balaban J connectivity index is 1.36. The molecule has 1 amide bonds. The van der Waals surface area contributed by atoms with Crippen molar-refractivity contribution in [2.75, 3.05) is 5.32 Å². The molecule has 1 fully saturated rings. The summed E-state index contributed by atoms with van der Waals surface area (Å²) >= 11 is 0. The maximum Gasteiger partial charge on any atom is 0.224 e. The van der Waals surface area contributed by atoms with Crippen molar-refractivity contribution in [2.24, 2.45) is 0 Å². The zero-order valence-electron chi connectivity index (χ0n) is 15.6. The van der Waals surface area contributed by atoms with E-state index in [1.807, 2.05) is 30.7 Å². The van der Waals surface area contributed by atoms with Crippen LogP contribution in [0.15, 0.2) is 36.9 Å². The molecule has 0 radical (unpaired) electrons. The van der Waals surface area contributed by atoms with E-state index in [9.17, 15) is 4.79 Å². The lowest BCUT2D eigenvalue weighted by atomic mass is 9.74. The molecule has 1 aliphatic rings. The second kappa shape index (κ2) is 6.01. The smallest absolute Gasteiger partial charge is 0.224 e. The van der Waals surface area contributed by atoms with Crippen LogP contribution in [-0.4, -0.2) is 47.0 Å². The Labute approximate surface area is 160 Å². The predicted molar refractivity (Wildman–Crippen MR) is 105 cm³/mol. The Morgan fingerprint density at radius 2 is 2.18 bits per heavy atom. The summed E-state index contributed by atoms with van der Waals surface area (Å²) in [7, 11) is 0. The number of aromatic amines is 1. The van der Waals surface area contributed by atoms with E-state index in [-0.39, 0.29) is 17.5 Å². The van der Waals surface area contributed by atoms with E-state index >= 15 is 0 Å². The van der Waals surface area contributed by atoms with E-state index in [2.05, 4.69) is 42.6 Å². The molecule has 0 atom stereocenters. The van der Waals surface area contributed by atoms with Crippen LogP contribution in [0.1, 0.15) is 26.7 Å². The number of fused-ring (bicyclic) bond motifs is 2. The molecular weight excluding hydrogens is 356 g/mol. The van der Waals surface area contributed by atoms with Gasteiger partial charge in [-0.2, -0.15) is 10.1 Å². The van der Waals surface area contributed by atoms with Gasteiger partial charge in [0.05, 0.1) is 5.69 Å². The van der Waals surface area contributed by atoms with Crippen molar-refractivity contribution in [3.05, 3.63) is 36.9 Å². The number of amides is 1. The number of nitrogens with one attached hydrogen (secondary N) is 3. The van der Waals surface area contributed by atoms with E-state index in [4.69, 9.17) is 0 Å². The lowest BCUT2D eigenvalue weighted by Crippen LogP contribution is -2.59. The van der Waals surface area contributed by atoms with Crippen LogP contribution >= 0.6 is 0 Å². The third-order valence-corrected chi connectivity index (χ3v) is 5.17. The topological polar surface area (TPSA) is 113 Å². The third kappa shape index (κ3) is 2.84. The van der Waals surface area contributed by atoms with Crippen LogP contribution in [0.25, 0.3) is 27.9 Å². The van der Waals surface area contributed by atoms with Gasteiger partial charge in [0.2, 0.25) is 11.9 Å². The predicted octanol–water partition coefficient (Wildman–Crippen LogP) is 2.14. The molecule has 4 heterocycles. The lowest BCUT2D eigenvalue weighted by Gasteiger charge is -2.45. The molecular formula is C19H20N8O. The Bertz CT molecular complexity index is 1190. The van der Waals surface area contributed by atoms with E-state index in [0.717, 1.165) is 40.8 Å². The van der Waals surface area contributed by atoms with Crippen LogP contribution < -0.4 is 10.6 Å². The highest BCUT2D eigenvalue weighted by Crippen LogP contribution is 2.34. The summed E-state index contributed by atoms with van der Waals surface area (Å²) in [6, 6.07) is 4.11. The Morgan fingerprint density at radius 3 is 3.00 bits per heavy atom. The van der Waals surface area contributed by atoms with Crippen LogP contribution in [0.5, 0.6) is 0 Å². The number of carbonyl (C=O) groups excluding carboxylic acids is 1. The van der Waals surface area contributed by atoms with Gasteiger partial charge in [-0.25, -0.2) is 14.5 Å². The van der Waals surface area contributed by atoms with Gasteiger partial charge in [0.25, 0.3) is 0 Å². The highest BCUT2D eigenvalue weighted by atomic mass is 16.1. The highest BCUT2D eigenvalue weighted by molar-refractivity contribution is 5.92. The molecule has 3 N–H and O–H groups in total. The fourth-order valence-electron chi connectivity index (χ4n) is 3.99. The molecule has 4 aromatic rings. The minimum absolute atomic E-state index is 0.0000229. The molecule has 0 spiro atoms. The van der Waals surface area contributed by atoms with Crippen molar-refractivity contribution >= 4 is 28.5 Å². The summed E-state index contributed by atoms with van der Waals surface area (Å²) in [5.41, 5.74) is 3.18. The highest BCUT2D eigenvalue weighted by Gasteiger charge is 2.41. The number of nitrogens with zero attached hydrogens (tertiary/aromatic N) is 5. The molecule has 0 saturated heterocycles. The van der Waals surface area contributed by atoms with Gasteiger partial charge >= 0.3 is 0 Å². The van der Waals surface area contributed by atoms with Gasteiger partial charge in [0.1, 0.15) is 5.65 Å². The molecule has 1 saturated carbocycles. The minimum atomic E-state index is -0.148. The summed E-state index contributed by atoms with van der Waals surface area (Å²) in [6.45, 7) is 3.60. The fraction of sp³-hybridized carbons (Fsp3) is 0.316.